The minimum absolute atomic E-state index is 0. The second-order valence-electron chi connectivity index (χ2n) is 6.01. The second kappa shape index (κ2) is 8.01. The lowest BCUT2D eigenvalue weighted by Gasteiger charge is -2.36. The van der Waals surface area contributed by atoms with Crippen LogP contribution in [0.2, 0.25) is 5.02 Å². The van der Waals surface area contributed by atoms with Gasteiger partial charge in [0.05, 0.1) is 11.7 Å². The molecule has 1 fully saturated rings. The summed E-state index contributed by atoms with van der Waals surface area (Å²) in [5.41, 5.74) is 1.73. The molecule has 7 heteroatoms. The van der Waals surface area contributed by atoms with E-state index in [0.29, 0.717) is 18.1 Å². The van der Waals surface area contributed by atoms with Gasteiger partial charge in [-0.05, 0) is 17.5 Å². The van der Waals surface area contributed by atoms with Crippen LogP contribution in [-0.2, 0) is 0 Å². The number of nitrogens with zero attached hydrogens (tertiary/aromatic N) is 2. The van der Waals surface area contributed by atoms with E-state index in [9.17, 15) is 4.79 Å². The Morgan fingerprint density at radius 2 is 2.17 bits per heavy atom. The number of carbonyl (C=O) groups excluding carboxylic acids is 1. The van der Waals surface area contributed by atoms with E-state index < -0.39 is 0 Å². The van der Waals surface area contributed by atoms with Crippen molar-refractivity contribution in [2.45, 2.75) is 25.8 Å². The molecule has 2 heterocycles. The first kappa shape index (κ1) is 18.8. The van der Waals surface area contributed by atoms with Gasteiger partial charge in [0.25, 0.3) is 5.91 Å². The van der Waals surface area contributed by atoms with Gasteiger partial charge in [0.1, 0.15) is 0 Å². The molecule has 3 rings (SSSR count). The van der Waals surface area contributed by atoms with Crippen LogP contribution in [0.4, 0.5) is 0 Å². The average molecular weight is 370 g/mol. The number of rotatable bonds is 3. The number of halogens is 2. The zero-order chi connectivity index (χ0) is 16.4. The number of hydrogen-bond donors (Lipinski definition) is 1. The zero-order valence-corrected chi connectivity index (χ0v) is 15.2. The van der Waals surface area contributed by atoms with Gasteiger partial charge < -0.3 is 14.7 Å². The van der Waals surface area contributed by atoms with Crippen LogP contribution in [0.15, 0.2) is 34.9 Å². The maximum Gasteiger partial charge on any atom is 0.293 e. The van der Waals surface area contributed by atoms with E-state index >= 15 is 0 Å². The molecule has 1 atom stereocenters. The molecule has 0 bridgehead atoms. The Labute approximate surface area is 152 Å². The van der Waals surface area contributed by atoms with Crippen LogP contribution in [0.25, 0.3) is 0 Å². The summed E-state index contributed by atoms with van der Waals surface area (Å²) in [6.07, 6.45) is 0. The third-order valence-corrected chi connectivity index (χ3v) is 4.44. The number of benzene rings is 1. The van der Waals surface area contributed by atoms with Gasteiger partial charge in [-0.1, -0.05) is 48.8 Å². The maximum absolute atomic E-state index is 12.9. The van der Waals surface area contributed by atoms with E-state index in [1.165, 1.54) is 0 Å². The van der Waals surface area contributed by atoms with Crippen molar-refractivity contribution < 1.29 is 9.32 Å². The van der Waals surface area contributed by atoms with Gasteiger partial charge in [0.15, 0.2) is 0 Å². The van der Waals surface area contributed by atoms with Gasteiger partial charge in [0, 0.05) is 30.7 Å². The Morgan fingerprint density at radius 3 is 2.83 bits per heavy atom. The molecule has 24 heavy (non-hydrogen) atoms. The van der Waals surface area contributed by atoms with Crippen molar-refractivity contribution in [1.29, 1.82) is 0 Å². The lowest BCUT2D eigenvalue weighted by atomic mass is 10.0. The van der Waals surface area contributed by atoms with Crippen LogP contribution in [0.5, 0.6) is 0 Å². The van der Waals surface area contributed by atoms with Crippen LogP contribution in [0, 0.1) is 0 Å². The number of carbonyl (C=O) groups is 1. The Kier molecular flexibility index (Phi) is 6.27. The fraction of sp³-hybridized carbons (Fsp3) is 0.412. The predicted molar refractivity (Wildman–Crippen MR) is 95.9 cm³/mol. The summed E-state index contributed by atoms with van der Waals surface area (Å²) >= 11 is 6.32. The molecule has 0 radical (unpaired) electrons. The van der Waals surface area contributed by atoms with Crippen molar-refractivity contribution >= 4 is 29.9 Å². The van der Waals surface area contributed by atoms with Gasteiger partial charge in [-0.15, -0.1) is 12.4 Å². The molecular formula is C17H21Cl2N3O2. The van der Waals surface area contributed by atoms with Crippen LogP contribution in [-0.4, -0.2) is 35.6 Å². The SMILES string of the molecule is CC(C)c1cc(C(=O)N2CCNCC2c2ccccc2Cl)on1.Cl. The van der Waals surface area contributed by atoms with E-state index in [0.717, 1.165) is 17.8 Å². The number of amides is 1. The number of hydrogen-bond acceptors (Lipinski definition) is 4. The lowest BCUT2D eigenvalue weighted by Crippen LogP contribution is -2.48. The standard InChI is InChI=1S/C17H20ClN3O2.ClH/c1-11(2)14-9-16(23-20-14)17(22)21-8-7-19-10-15(21)12-5-3-4-6-13(12)18;/h3-6,9,11,15,19H,7-8,10H2,1-2H3;1H. The smallest absolute Gasteiger partial charge is 0.293 e. The first-order valence-corrected chi connectivity index (χ1v) is 8.18. The number of aromatic nitrogens is 1. The van der Waals surface area contributed by atoms with E-state index in [-0.39, 0.29) is 36.0 Å². The molecule has 1 saturated heterocycles. The quantitative estimate of drug-likeness (QED) is 0.896. The molecule has 0 saturated carbocycles. The van der Waals surface area contributed by atoms with Crippen molar-refractivity contribution in [2.24, 2.45) is 0 Å². The summed E-state index contributed by atoms with van der Waals surface area (Å²) in [6.45, 7) is 6.05. The third kappa shape index (κ3) is 3.74. The van der Waals surface area contributed by atoms with Gasteiger partial charge >= 0.3 is 0 Å². The summed E-state index contributed by atoms with van der Waals surface area (Å²) in [4.78, 5) is 14.7. The van der Waals surface area contributed by atoms with E-state index in [1.54, 1.807) is 6.07 Å². The Balaban J connectivity index is 0.00000208. The molecule has 1 aliphatic heterocycles. The van der Waals surface area contributed by atoms with Crippen LogP contribution in [0.3, 0.4) is 0 Å². The molecule has 1 aromatic carbocycles. The lowest BCUT2D eigenvalue weighted by molar-refractivity contribution is 0.0592. The van der Waals surface area contributed by atoms with Crippen molar-refractivity contribution in [3.63, 3.8) is 0 Å². The van der Waals surface area contributed by atoms with Crippen LogP contribution < -0.4 is 5.32 Å². The Bertz CT molecular complexity index is 703. The minimum Gasteiger partial charge on any atom is -0.351 e. The highest BCUT2D eigenvalue weighted by atomic mass is 35.5. The highest BCUT2D eigenvalue weighted by molar-refractivity contribution is 6.31. The molecule has 2 aromatic rings. The minimum atomic E-state index is -0.143. The Morgan fingerprint density at radius 1 is 1.42 bits per heavy atom. The monoisotopic (exact) mass is 369 g/mol. The van der Waals surface area contributed by atoms with Crippen molar-refractivity contribution in [3.8, 4) is 0 Å². The molecule has 5 nitrogen and oxygen atoms in total. The van der Waals surface area contributed by atoms with Gasteiger partial charge in [0.2, 0.25) is 5.76 Å². The molecule has 130 valence electrons. The molecule has 1 N–H and O–H groups in total. The molecule has 1 unspecified atom stereocenters. The van der Waals surface area contributed by atoms with E-state index in [1.807, 2.05) is 43.0 Å². The van der Waals surface area contributed by atoms with Crippen molar-refractivity contribution in [1.82, 2.24) is 15.4 Å². The van der Waals surface area contributed by atoms with Crippen LogP contribution in [0.1, 0.15) is 47.6 Å². The second-order valence-corrected chi connectivity index (χ2v) is 6.42. The largest absolute Gasteiger partial charge is 0.351 e. The summed E-state index contributed by atoms with van der Waals surface area (Å²) in [5.74, 6) is 0.367. The molecule has 0 aliphatic carbocycles. The van der Waals surface area contributed by atoms with E-state index in [4.69, 9.17) is 16.1 Å². The van der Waals surface area contributed by atoms with Gasteiger partial charge in [-0.3, -0.25) is 4.79 Å². The van der Waals surface area contributed by atoms with Gasteiger partial charge in [-0.25, -0.2) is 0 Å². The Hall–Kier alpha value is -1.56. The first-order chi connectivity index (χ1) is 11.1. The van der Waals surface area contributed by atoms with Crippen molar-refractivity contribution in [3.05, 3.63) is 52.4 Å². The zero-order valence-electron chi connectivity index (χ0n) is 13.7. The summed E-state index contributed by atoms with van der Waals surface area (Å²) in [7, 11) is 0. The number of piperazine rings is 1. The van der Waals surface area contributed by atoms with Gasteiger partial charge in [-0.2, -0.15) is 0 Å². The maximum atomic E-state index is 12.9. The van der Waals surface area contributed by atoms with Crippen molar-refractivity contribution in [2.75, 3.05) is 19.6 Å². The van der Waals surface area contributed by atoms with Crippen LogP contribution >= 0.6 is 24.0 Å². The highest BCUT2D eigenvalue weighted by Gasteiger charge is 2.31. The molecule has 1 amide bonds. The molecular weight excluding hydrogens is 349 g/mol. The summed E-state index contributed by atoms with van der Waals surface area (Å²) in [6, 6.07) is 9.25. The topological polar surface area (TPSA) is 58.4 Å². The third-order valence-electron chi connectivity index (χ3n) is 4.10. The molecule has 1 aromatic heterocycles. The predicted octanol–water partition coefficient (Wildman–Crippen LogP) is 3.66. The normalized spacial score (nSPS) is 17.7. The first-order valence-electron chi connectivity index (χ1n) is 7.80. The molecule has 1 aliphatic rings. The summed E-state index contributed by atoms with van der Waals surface area (Å²) < 4.78 is 5.26. The average Bonchev–Trinajstić information content (AvgIpc) is 3.05. The highest BCUT2D eigenvalue weighted by Crippen LogP contribution is 2.30. The fourth-order valence-corrected chi connectivity index (χ4v) is 3.04. The summed E-state index contributed by atoms with van der Waals surface area (Å²) in [5, 5.41) is 7.97. The fourth-order valence-electron chi connectivity index (χ4n) is 2.77. The molecule has 0 spiro atoms. The van der Waals surface area contributed by atoms with E-state index in [2.05, 4.69) is 10.5 Å². The number of nitrogens with one attached hydrogen (secondary N) is 1.